The molecule has 0 fully saturated rings. The first-order valence-electron chi connectivity index (χ1n) is 14.1. The number of rotatable bonds is 14. The van der Waals surface area contributed by atoms with Crippen LogP contribution in [0, 0.1) is 11.8 Å². The van der Waals surface area contributed by atoms with Crippen molar-refractivity contribution in [3.05, 3.63) is 48.5 Å². The molecule has 0 spiro atoms. The number of anilines is 2. The van der Waals surface area contributed by atoms with Crippen molar-refractivity contribution in [1.82, 2.24) is 19.2 Å². The van der Waals surface area contributed by atoms with Gasteiger partial charge in [0.1, 0.15) is 12.1 Å². The van der Waals surface area contributed by atoms with Gasteiger partial charge in [-0.05, 0) is 73.2 Å². The topological polar surface area (TPSA) is 174 Å². The van der Waals surface area contributed by atoms with Crippen LogP contribution >= 0.6 is 0 Å². The molecular weight excluding hydrogens is 608 g/mol. The number of benzene rings is 2. The Morgan fingerprint density at radius 2 is 0.886 bits per heavy atom. The van der Waals surface area contributed by atoms with Gasteiger partial charge in [0.2, 0.25) is 31.9 Å². The minimum absolute atomic E-state index is 0.0349. The second kappa shape index (κ2) is 15.5. The summed E-state index contributed by atoms with van der Waals surface area (Å²) in [5.74, 6) is -0.940. The molecule has 0 aromatic heterocycles. The van der Waals surface area contributed by atoms with Gasteiger partial charge in [-0.2, -0.15) is 0 Å². The summed E-state index contributed by atoms with van der Waals surface area (Å²) in [5.41, 5.74) is 0.704. The van der Waals surface area contributed by atoms with Crippen LogP contribution in [0.5, 0.6) is 0 Å². The zero-order valence-electron chi connectivity index (χ0n) is 26.4. The Bertz CT molecular complexity index is 1390. The van der Waals surface area contributed by atoms with E-state index >= 15 is 0 Å². The van der Waals surface area contributed by atoms with Crippen molar-refractivity contribution in [2.75, 3.05) is 38.8 Å². The van der Waals surface area contributed by atoms with E-state index in [1.165, 1.54) is 76.7 Å². The van der Waals surface area contributed by atoms with Crippen LogP contribution in [0.4, 0.5) is 16.2 Å². The average Bonchev–Trinajstić information content (AvgIpc) is 2.92. The molecule has 0 heterocycles. The Labute approximate surface area is 260 Å². The number of hydrogen-bond donors (Lipinski definition) is 4. The molecule has 2 aromatic rings. The number of hydrogen-bond acceptors (Lipinski definition) is 7. The third kappa shape index (κ3) is 10.3. The molecule has 4 amide bonds. The maximum absolute atomic E-state index is 13.1. The lowest BCUT2D eigenvalue weighted by Crippen LogP contribution is -2.53. The summed E-state index contributed by atoms with van der Waals surface area (Å²) in [6.07, 6.45) is 0.602. The largest absolute Gasteiger partial charge is 0.326 e. The van der Waals surface area contributed by atoms with Crippen molar-refractivity contribution in [1.29, 1.82) is 0 Å². The predicted octanol–water partition coefficient (Wildman–Crippen LogP) is 2.89. The number of carbonyl (C=O) groups is 3. The fraction of sp³-hybridized carbons (Fsp3) is 0.483. The molecule has 4 N–H and O–H groups in total. The highest BCUT2D eigenvalue weighted by Gasteiger charge is 2.27. The fourth-order valence-corrected chi connectivity index (χ4v) is 5.87. The van der Waals surface area contributed by atoms with Crippen LogP contribution in [0.2, 0.25) is 0 Å². The van der Waals surface area contributed by atoms with Crippen LogP contribution in [-0.2, 0) is 29.6 Å². The molecule has 0 aliphatic carbocycles. The van der Waals surface area contributed by atoms with Gasteiger partial charge in [0, 0.05) is 39.6 Å². The van der Waals surface area contributed by atoms with E-state index in [0.717, 1.165) is 8.61 Å². The monoisotopic (exact) mass is 652 g/mol. The molecule has 0 saturated heterocycles. The summed E-state index contributed by atoms with van der Waals surface area (Å²) in [6, 6.07) is 8.77. The van der Waals surface area contributed by atoms with Crippen LogP contribution in [0.25, 0.3) is 0 Å². The van der Waals surface area contributed by atoms with Crippen LogP contribution in [-0.4, -0.2) is 83.6 Å². The third-order valence-electron chi connectivity index (χ3n) is 6.46. The van der Waals surface area contributed by atoms with Gasteiger partial charge in [-0.3, -0.25) is 9.59 Å². The molecule has 0 aliphatic rings. The molecule has 0 radical (unpaired) electrons. The zero-order chi connectivity index (χ0) is 33.4. The fourth-order valence-electron chi connectivity index (χ4n) is 4.06. The maximum atomic E-state index is 13.1. The first-order valence-corrected chi connectivity index (χ1v) is 17.0. The van der Waals surface area contributed by atoms with E-state index in [4.69, 9.17) is 0 Å². The number of nitrogens with one attached hydrogen (secondary N) is 4. The smallest absolute Gasteiger partial charge is 0.316 e. The van der Waals surface area contributed by atoms with E-state index < -0.39 is 50.0 Å². The summed E-state index contributed by atoms with van der Waals surface area (Å²) < 4.78 is 51.5. The van der Waals surface area contributed by atoms with Gasteiger partial charge < -0.3 is 21.3 Å². The van der Waals surface area contributed by atoms with Gasteiger partial charge in [-0.1, -0.05) is 27.7 Å². The molecule has 244 valence electrons. The highest BCUT2D eigenvalue weighted by Crippen LogP contribution is 2.19. The van der Waals surface area contributed by atoms with Crippen molar-refractivity contribution in [2.45, 2.75) is 62.4 Å². The van der Waals surface area contributed by atoms with Gasteiger partial charge in [-0.25, -0.2) is 30.2 Å². The van der Waals surface area contributed by atoms with Crippen LogP contribution < -0.4 is 21.3 Å². The van der Waals surface area contributed by atoms with Gasteiger partial charge in [-0.15, -0.1) is 0 Å². The first-order chi connectivity index (χ1) is 20.3. The Morgan fingerprint density at radius 1 is 0.591 bits per heavy atom. The van der Waals surface area contributed by atoms with Gasteiger partial charge in [0.05, 0.1) is 9.79 Å². The summed E-state index contributed by atoms with van der Waals surface area (Å²) in [5, 5.41) is 10.7. The Morgan fingerprint density at radius 3 is 1.14 bits per heavy atom. The van der Waals surface area contributed by atoms with E-state index in [1.54, 1.807) is 0 Å². The second-order valence-electron chi connectivity index (χ2n) is 11.6. The normalized spacial score (nSPS) is 13.5. The number of amides is 4. The van der Waals surface area contributed by atoms with Crippen LogP contribution in [0.1, 0.15) is 40.5 Å². The van der Waals surface area contributed by atoms with Crippen LogP contribution in [0.3, 0.4) is 0 Å². The quantitative estimate of drug-likeness (QED) is 0.243. The molecule has 44 heavy (non-hydrogen) atoms. The van der Waals surface area contributed by atoms with Gasteiger partial charge in [0.15, 0.2) is 0 Å². The van der Waals surface area contributed by atoms with Crippen molar-refractivity contribution in [3.63, 3.8) is 0 Å². The van der Waals surface area contributed by atoms with Gasteiger partial charge >= 0.3 is 6.03 Å². The maximum Gasteiger partial charge on any atom is 0.316 e. The highest BCUT2D eigenvalue weighted by molar-refractivity contribution is 7.89. The number of sulfonamides is 2. The van der Waals surface area contributed by atoms with E-state index in [2.05, 4.69) is 21.3 Å². The van der Waals surface area contributed by atoms with Crippen LogP contribution in [0.15, 0.2) is 58.3 Å². The Kier molecular flexibility index (Phi) is 12.9. The standard InChI is InChI=1S/C29H44N6O7S2/c1-19(2)17-25(27(36)30-21-9-13-23(14-10-21)43(39,40)34(5)6)32-29(38)33-26(18-20(3)4)28(37)31-22-11-15-24(16-12-22)44(41,42)35(7)8/h9-16,19-20,25-26H,17-18H2,1-8H3,(H,30,36)(H,31,37)(H2,32,33,38)/t25-,26+. The minimum Gasteiger partial charge on any atom is -0.326 e. The van der Waals surface area contributed by atoms with Crippen molar-refractivity contribution >= 4 is 49.3 Å². The SMILES string of the molecule is CC(C)C[C@H](NC(=O)N[C@H](CC(C)C)C(=O)Nc1ccc(S(=O)(=O)N(C)C)cc1)C(=O)Nc1ccc(S(=O)(=O)N(C)C)cc1. The summed E-state index contributed by atoms with van der Waals surface area (Å²) in [6.45, 7) is 7.57. The number of carbonyl (C=O) groups excluding carboxylic acids is 3. The summed E-state index contributed by atoms with van der Waals surface area (Å²) in [4.78, 5) is 39.5. The number of nitrogens with zero attached hydrogens (tertiary/aromatic N) is 2. The summed E-state index contributed by atoms with van der Waals surface area (Å²) in [7, 11) is -1.57. The minimum atomic E-state index is -3.63. The molecule has 2 atom stereocenters. The van der Waals surface area contributed by atoms with E-state index in [1.807, 2.05) is 27.7 Å². The highest BCUT2D eigenvalue weighted by atomic mass is 32.2. The lowest BCUT2D eigenvalue weighted by atomic mass is 10.0. The van der Waals surface area contributed by atoms with Crippen molar-refractivity contribution in [3.8, 4) is 0 Å². The van der Waals surface area contributed by atoms with E-state index in [-0.39, 0.29) is 21.6 Å². The zero-order valence-corrected chi connectivity index (χ0v) is 28.0. The third-order valence-corrected chi connectivity index (χ3v) is 10.1. The molecular formula is C29H44N6O7S2. The Hall–Kier alpha value is -3.53. The van der Waals surface area contributed by atoms with Crippen molar-refractivity contribution in [2.24, 2.45) is 11.8 Å². The first kappa shape index (κ1) is 36.7. The lowest BCUT2D eigenvalue weighted by Gasteiger charge is -2.24. The molecule has 0 unspecified atom stereocenters. The molecule has 2 aromatic carbocycles. The molecule has 0 bridgehead atoms. The van der Waals surface area contributed by atoms with E-state index in [0.29, 0.717) is 24.2 Å². The second-order valence-corrected chi connectivity index (χ2v) is 15.9. The molecule has 2 rings (SSSR count). The van der Waals surface area contributed by atoms with Crippen molar-refractivity contribution < 1.29 is 31.2 Å². The lowest BCUT2D eigenvalue weighted by molar-refractivity contribution is -0.118. The predicted molar refractivity (Wildman–Crippen MR) is 170 cm³/mol. The number of urea groups is 1. The van der Waals surface area contributed by atoms with E-state index in [9.17, 15) is 31.2 Å². The Balaban J connectivity index is 2.14. The summed E-state index contributed by atoms with van der Waals surface area (Å²) >= 11 is 0. The molecule has 0 aliphatic heterocycles. The molecule has 0 saturated carbocycles. The average molecular weight is 653 g/mol. The molecule has 13 nitrogen and oxygen atoms in total. The van der Waals surface area contributed by atoms with Gasteiger partial charge in [0.25, 0.3) is 0 Å². The molecule has 15 heteroatoms.